The Morgan fingerprint density at radius 3 is 2.32 bits per heavy atom. The predicted molar refractivity (Wildman–Crippen MR) is 161 cm³/mol. The first-order valence-electron chi connectivity index (χ1n) is 15.8. The predicted octanol–water partition coefficient (Wildman–Crippen LogP) is 0.679. The lowest BCUT2D eigenvalue weighted by atomic mass is 9.82. The lowest BCUT2D eigenvalue weighted by molar-refractivity contribution is -0.144. The fourth-order valence-electron chi connectivity index (χ4n) is 6.01. The molecule has 0 radical (unpaired) electrons. The van der Waals surface area contributed by atoms with E-state index in [1.54, 1.807) is 0 Å². The second kappa shape index (κ2) is 14.4. The van der Waals surface area contributed by atoms with Crippen LogP contribution < -0.4 is 21.3 Å². The maximum absolute atomic E-state index is 14.1. The van der Waals surface area contributed by atoms with Crippen LogP contribution in [-0.2, 0) is 19.2 Å². The van der Waals surface area contributed by atoms with Gasteiger partial charge < -0.3 is 31.3 Å². The normalized spacial score (nSPS) is 22.8. The SMILES string of the molecule is C[C@@H]1C[C@@H](C(=O)NCC(O)C(=O)NC2CC2)N(C(=O)[C@@H](NC(=O)[C@@H](NC(=O)c2cnccn2)C2CCCCC2)C(C)(C)C)C1. The van der Waals surface area contributed by atoms with Gasteiger partial charge in [-0.1, -0.05) is 47.0 Å². The number of nitrogens with one attached hydrogen (secondary N) is 4. The Balaban J connectivity index is 1.47. The van der Waals surface area contributed by atoms with E-state index in [1.165, 1.54) is 23.5 Å². The van der Waals surface area contributed by atoms with E-state index in [0.29, 0.717) is 13.0 Å². The van der Waals surface area contributed by atoms with Crippen molar-refractivity contribution in [3.63, 3.8) is 0 Å². The molecule has 1 aromatic heterocycles. The molecule has 2 aliphatic carbocycles. The molecule has 1 unspecified atom stereocenters. The van der Waals surface area contributed by atoms with E-state index in [0.717, 1.165) is 44.9 Å². The van der Waals surface area contributed by atoms with Gasteiger partial charge in [0, 0.05) is 25.0 Å². The number of aromatic nitrogens is 2. The van der Waals surface area contributed by atoms with Crippen LogP contribution in [0.2, 0.25) is 0 Å². The highest BCUT2D eigenvalue weighted by atomic mass is 16.3. The maximum atomic E-state index is 14.1. The lowest BCUT2D eigenvalue weighted by Crippen LogP contribution is -2.61. The van der Waals surface area contributed by atoms with Crippen LogP contribution in [0, 0.1) is 17.3 Å². The number of likely N-dealkylation sites (tertiary alicyclic amines) is 1. The Kier molecular flexibility index (Phi) is 10.9. The summed E-state index contributed by atoms with van der Waals surface area (Å²) in [4.78, 5) is 75.9. The maximum Gasteiger partial charge on any atom is 0.272 e. The van der Waals surface area contributed by atoms with Crippen LogP contribution in [0.3, 0.4) is 0 Å². The number of rotatable bonds is 11. The number of hydrogen-bond acceptors (Lipinski definition) is 8. The topological polar surface area (TPSA) is 183 Å². The standard InChI is InChI=1S/C31H47N7O6/c1-18-14-22(27(41)34-16-23(39)28(42)35-20-10-11-20)38(17-18)30(44)25(31(2,3)4)37-29(43)24(19-8-6-5-7-9-19)36-26(40)21-15-32-12-13-33-21/h12-13,15,18-20,22-25,39H,5-11,14,16-17H2,1-4H3,(H,34,41)(H,35,42)(H,36,40)(H,37,43)/t18-,22+,23?,24+,25-/m1/s1. The average Bonchev–Trinajstić information content (AvgIpc) is 3.73. The van der Waals surface area contributed by atoms with Crippen molar-refractivity contribution in [1.82, 2.24) is 36.1 Å². The zero-order chi connectivity index (χ0) is 32.0. The summed E-state index contributed by atoms with van der Waals surface area (Å²) in [7, 11) is 0. The van der Waals surface area contributed by atoms with Gasteiger partial charge in [0.25, 0.3) is 11.8 Å². The van der Waals surface area contributed by atoms with Crippen molar-refractivity contribution in [1.29, 1.82) is 0 Å². The molecule has 2 saturated carbocycles. The average molecular weight is 614 g/mol. The smallest absolute Gasteiger partial charge is 0.272 e. The van der Waals surface area contributed by atoms with Crippen LogP contribution >= 0.6 is 0 Å². The molecule has 5 N–H and O–H groups in total. The van der Waals surface area contributed by atoms with Gasteiger partial charge in [0.2, 0.25) is 17.7 Å². The second-order valence-electron chi connectivity index (χ2n) is 13.6. The molecule has 44 heavy (non-hydrogen) atoms. The quantitative estimate of drug-likeness (QED) is 0.241. The zero-order valence-electron chi connectivity index (χ0n) is 26.2. The summed E-state index contributed by atoms with van der Waals surface area (Å²) < 4.78 is 0. The summed E-state index contributed by atoms with van der Waals surface area (Å²) in [6.07, 6.45) is 9.46. The van der Waals surface area contributed by atoms with Crippen LogP contribution in [0.4, 0.5) is 0 Å². The molecule has 3 aliphatic rings. The van der Waals surface area contributed by atoms with E-state index in [1.807, 2.05) is 27.7 Å². The van der Waals surface area contributed by atoms with E-state index in [9.17, 15) is 29.1 Å². The molecule has 5 amide bonds. The van der Waals surface area contributed by atoms with Crippen molar-refractivity contribution < 1.29 is 29.1 Å². The van der Waals surface area contributed by atoms with Gasteiger partial charge in [0.05, 0.1) is 12.7 Å². The zero-order valence-corrected chi connectivity index (χ0v) is 26.2. The Morgan fingerprint density at radius 2 is 1.70 bits per heavy atom. The molecule has 242 valence electrons. The Hall–Kier alpha value is -3.61. The van der Waals surface area contributed by atoms with Crippen molar-refractivity contribution in [3.8, 4) is 0 Å². The molecule has 1 saturated heterocycles. The molecule has 3 fully saturated rings. The first-order chi connectivity index (χ1) is 20.8. The highest BCUT2D eigenvalue weighted by Gasteiger charge is 2.45. The van der Waals surface area contributed by atoms with Gasteiger partial charge in [-0.3, -0.25) is 29.0 Å². The molecular formula is C31H47N7O6. The van der Waals surface area contributed by atoms with Gasteiger partial charge in [-0.05, 0) is 49.4 Å². The monoisotopic (exact) mass is 613 g/mol. The Labute approximate surface area is 258 Å². The first-order valence-corrected chi connectivity index (χ1v) is 15.8. The summed E-state index contributed by atoms with van der Waals surface area (Å²) >= 11 is 0. The number of amides is 5. The van der Waals surface area contributed by atoms with Crippen LogP contribution in [0.1, 0.15) is 89.5 Å². The van der Waals surface area contributed by atoms with Crippen molar-refractivity contribution in [2.45, 2.75) is 109 Å². The molecule has 0 spiro atoms. The van der Waals surface area contributed by atoms with Gasteiger partial charge in [0.15, 0.2) is 0 Å². The van der Waals surface area contributed by atoms with Crippen molar-refractivity contribution >= 4 is 29.5 Å². The minimum absolute atomic E-state index is 0.0235. The third kappa shape index (κ3) is 8.73. The summed E-state index contributed by atoms with van der Waals surface area (Å²) in [5.74, 6) is -2.44. The van der Waals surface area contributed by atoms with E-state index < -0.39 is 59.2 Å². The van der Waals surface area contributed by atoms with E-state index in [4.69, 9.17) is 0 Å². The Bertz CT molecular complexity index is 1200. The lowest BCUT2D eigenvalue weighted by Gasteiger charge is -2.37. The molecule has 4 rings (SSSR count). The molecular weight excluding hydrogens is 566 g/mol. The van der Waals surface area contributed by atoms with Gasteiger partial charge in [-0.15, -0.1) is 0 Å². The largest absolute Gasteiger partial charge is 0.381 e. The number of nitrogens with zero attached hydrogens (tertiary/aromatic N) is 3. The van der Waals surface area contributed by atoms with Crippen molar-refractivity contribution in [3.05, 3.63) is 24.3 Å². The van der Waals surface area contributed by atoms with Crippen LogP contribution in [0.5, 0.6) is 0 Å². The summed E-state index contributed by atoms with van der Waals surface area (Å²) in [5.41, 5.74) is -0.623. The number of aliphatic hydroxyl groups is 1. The molecule has 2 heterocycles. The van der Waals surface area contributed by atoms with E-state index in [2.05, 4.69) is 31.2 Å². The van der Waals surface area contributed by atoms with Crippen molar-refractivity contribution in [2.75, 3.05) is 13.1 Å². The summed E-state index contributed by atoms with van der Waals surface area (Å²) in [6, 6.07) is -2.59. The van der Waals surface area contributed by atoms with Gasteiger partial charge >= 0.3 is 0 Å². The fraction of sp³-hybridized carbons (Fsp3) is 0.710. The first kappa shape index (κ1) is 33.3. The molecule has 0 aromatic carbocycles. The third-order valence-electron chi connectivity index (χ3n) is 8.68. The molecule has 1 aromatic rings. The molecule has 5 atom stereocenters. The number of hydrogen-bond donors (Lipinski definition) is 5. The summed E-state index contributed by atoms with van der Waals surface area (Å²) in [5, 5.41) is 21.3. The van der Waals surface area contributed by atoms with Gasteiger partial charge in [-0.2, -0.15) is 0 Å². The number of carbonyl (C=O) groups excluding carboxylic acids is 5. The highest BCUT2D eigenvalue weighted by molar-refractivity contribution is 5.98. The molecule has 0 bridgehead atoms. The number of aliphatic hydroxyl groups excluding tert-OH is 1. The minimum atomic E-state index is -1.39. The Morgan fingerprint density at radius 1 is 1.00 bits per heavy atom. The minimum Gasteiger partial charge on any atom is -0.381 e. The summed E-state index contributed by atoms with van der Waals surface area (Å²) in [6.45, 7) is 7.52. The van der Waals surface area contributed by atoms with Gasteiger partial charge in [0.1, 0.15) is 29.9 Å². The van der Waals surface area contributed by atoms with E-state index >= 15 is 0 Å². The fourth-order valence-corrected chi connectivity index (χ4v) is 6.01. The van der Waals surface area contributed by atoms with Gasteiger partial charge in [-0.25, -0.2) is 4.98 Å². The highest BCUT2D eigenvalue weighted by Crippen LogP contribution is 2.30. The molecule has 13 heteroatoms. The van der Waals surface area contributed by atoms with Crippen LogP contribution in [-0.4, -0.2) is 92.9 Å². The third-order valence-corrected chi connectivity index (χ3v) is 8.68. The number of carbonyl (C=O) groups is 5. The second-order valence-corrected chi connectivity index (χ2v) is 13.6. The molecule has 1 aliphatic heterocycles. The van der Waals surface area contributed by atoms with E-state index in [-0.39, 0.29) is 30.1 Å². The van der Waals surface area contributed by atoms with Crippen molar-refractivity contribution in [2.24, 2.45) is 17.3 Å². The molecule has 13 nitrogen and oxygen atoms in total. The van der Waals surface area contributed by atoms with Crippen LogP contribution in [0.15, 0.2) is 18.6 Å². The van der Waals surface area contributed by atoms with Crippen LogP contribution in [0.25, 0.3) is 0 Å².